The van der Waals surface area contributed by atoms with Crippen LogP contribution in [0, 0.1) is 0 Å². The third-order valence-corrected chi connectivity index (χ3v) is 5.43. The molecule has 0 heterocycles. The van der Waals surface area contributed by atoms with E-state index in [9.17, 15) is 8.42 Å². The number of rotatable bonds is 5. The number of hydrogen-bond acceptors (Lipinski definition) is 2. The molecule has 0 aliphatic rings. The Hall–Kier alpha value is -1.07. The number of halogens is 2. The number of benzene rings is 2. The maximum atomic E-state index is 12.4. The van der Waals surface area contributed by atoms with Gasteiger partial charge in [-0.3, -0.25) is 0 Å². The van der Waals surface area contributed by atoms with Crippen molar-refractivity contribution in [1.29, 1.82) is 0 Å². The van der Waals surface area contributed by atoms with Crippen LogP contribution in [0.4, 0.5) is 0 Å². The Morgan fingerprint density at radius 1 is 1.09 bits per heavy atom. The largest absolute Gasteiger partial charge is 0.242 e. The van der Waals surface area contributed by atoms with Gasteiger partial charge in [-0.15, -0.1) is 0 Å². The van der Waals surface area contributed by atoms with E-state index in [2.05, 4.69) is 18.6 Å². The Morgan fingerprint density at radius 2 is 1.77 bits per heavy atom. The summed E-state index contributed by atoms with van der Waals surface area (Å²) in [5.41, 5.74) is 2.06. The van der Waals surface area contributed by atoms with Gasteiger partial charge >= 0.3 is 0 Å². The second-order valence-electron chi connectivity index (χ2n) is 5.25. The molecule has 0 spiro atoms. The summed E-state index contributed by atoms with van der Waals surface area (Å²) in [7, 11) is -3.72. The van der Waals surface area contributed by atoms with Crippen LogP contribution < -0.4 is 4.72 Å². The summed E-state index contributed by atoms with van der Waals surface area (Å²) in [6, 6.07) is 12.1. The van der Waals surface area contributed by atoms with Gasteiger partial charge in [0.2, 0.25) is 10.0 Å². The van der Waals surface area contributed by atoms with Crippen LogP contribution in [-0.2, 0) is 16.6 Å². The van der Waals surface area contributed by atoms with E-state index < -0.39 is 10.0 Å². The van der Waals surface area contributed by atoms with Gasteiger partial charge in [-0.25, -0.2) is 13.1 Å². The van der Waals surface area contributed by atoms with E-state index in [0.717, 1.165) is 11.1 Å². The van der Waals surface area contributed by atoms with E-state index in [0.29, 0.717) is 10.9 Å². The second kappa shape index (κ2) is 7.01. The topological polar surface area (TPSA) is 46.2 Å². The molecule has 0 saturated heterocycles. The zero-order chi connectivity index (χ0) is 16.3. The summed E-state index contributed by atoms with van der Waals surface area (Å²) >= 11 is 11.8. The third-order valence-electron chi connectivity index (χ3n) is 3.31. The first kappa shape index (κ1) is 17.3. The van der Waals surface area contributed by atoms with Crippen molar-refractivity contribution in [2.24, 2.45) is 0 Å². The minimum atomic E-state index is -3.72. The fourth-order valence-electron chi connectivity index (χ4n) is 2.19. The van der Waals surface area contributed by atoms with Crippen LogP contribution >= 0.6 is 23.2 Å². The molecule has 0 fully saturated rings. The van der Waals surface area contributed by atoms with Crippen molar-refractivity contribution < 1.29 is 8.42 Å². The average molecular weight is 358 g/mol. The van der Waals surface area contributed by atoms with Gasteiger partial charge in [-0.1, -0.05) is 61.3 Å². The number of sulfonamides is 1. The Bertz CT molecular complexity index is 773. The Balaban J connectivity index is 2.26. The lowest BCUT2D eigenvalue weighted by Crippen LogP contribution is -2.24. The lowest BCUT2D eigenvalue weighted by molar-refractivity contribution is 0.581. The summed E-state index contributed by atoms with van der Waals surface area (Å²) in [5.74, 6) is 0.315. The molecule has 0 aliphatic heterocycles. The number of nitrogens with one attached hydrogen (secondary N) is 1. The van der Waals surface area contributed by atoms with Gasteiger partial charge in [0.1, 0.15) is 4.90 Å². The average Bonchev–Trinajstić information content (AvgIpc) is 2.48. The minimum absolute atomic E-state index is 0.0105. The highest BCUT2D eigenvalue weighted by atomic mass is 35.5. The summed E-state index contributed by atoms with van der Waals surface area (Å²) in [4.78, 5) is -0.0105. The third kappa shape index (κ3) is 4.02. The quantitative estimate of drug-likeness (QED) is 0.849. The summed E-state index contributed by atoms with van der Waals surface area (Å²) < 4.78 is 27.4. The molecule has 0 aliphatic carbocycles. The molecular weight excluding hydrogens is 341 g/mol. The zero-order valence-corrected chi connectivity index (χ0v) is 14.6. The van der Waals surface area contributed by atoms with E-state index in [4.69, 9.17) is 23.2 Å². The first-order chi connectivity index (χ1) is 10.3. The van der Waals surface area contributed by atoms with Crippen LogP contribution in [-0.4, -0.2) is 8.42 Å². The lowest BCUT2D eigenvalue weighted by Gasteiger charge is -2.14. The van der Waals surface area contributed by atoms with Crippen molar-refractivity contribution in [1.82, 2.24) is 4.72 Å². The normalized spacial score (nSPS) is 11.9. The molecule has 2 aromatic rings. The van der Waals surface area contributed by atoms with Crippen LogP contribution in [0.25, 0.3) is 0 Å². The van der Waals surface area contributed by atoms with Gasteiger partial charge in [-0.2, -0.15) is 0 Å². The molecule has 0 radical (unpaired) electrons. The molecule has 0 bridgehead atoms. The van der Waals surface area contributed by atoms with Gasteiger partial charge in [0, 0.05) is 11.6 Å². The first-order valence-electron chi connectivity index (χ1n) is 6.84. The fraction of sp³-hybridized carbons (Fsp3) is 0.250. The standard InChI is InChI=1S/C16H17Cl2NO2S/c1-11(2)14-6-4-3-5-12(14)10-19-22(20,21)16-9-13(17)7-8-15(16)18/h3-9,11,19H,10H2,1-2H3. The van der Waals surface area contributed by atoms with E-state index in [-0.39, 0.29) is 16.5 Å². The molecule has 1 N–H and O–H groups in total. The second-order valence-corrected chi connectivity index (χ2v) is 7.83. The Morgan fingerprint density at radius 3 is 2.45 bits per heavy atom. The van der Waals surface area contributed by atoms with Gasteiger partial charge in [0.15, 0.2) is 0 Å². The van der Waals surface area contributed by atoms with Crippen molar-refractivity contribution in [3.8, 4) is 0 Å². The molecule has 0 aromatic heterocycles. The van der Waals surface area contributed by atoms with E-state index >= 15 is 0 Å². The molecule has 0 atom stereocenters. The smallest absolute Gasteiger partial charge is 0.207 e. The van der Waals surface area contributed by atoms with Crippen molar-refractivity contribution in [3.63, 3.8) is 0 Å². The molecule has 0 saturated carbocycles. The summed E-state index contributed by atoms with van der Waals surface area (Å²) in [5, 5.41) is 0.474. The van der Waals surface area contributed by atoms with Crippen LogP contribution in [0.1, 0.15) is 30.9 Å². The highest BCUT2D eigenvalue weighted by molar-refractivity contribution is 7.89. The van der Waals surface area contributed by atoms with Crippen molar-refractivity contribution >= 4 is 33.2 Å². The van der Waals surface area contributed by atoms with Crippen LogP contribution in [0.2, 0.25) is 10.0 Å². The Kier molecular flexibility index (Phi) is 5.50. The maximum absolute atomic E-state index is 12.4. The van der Waals surface area contributed by atoms with Crippen molar-refractivity contribution in [2.75, 3.05) is 0 Å². The first-order valence-corrected chi connectivity index (χ1v) is 9.07. The summed E-state index contributed by atoms with van der Waals surface area (Å²) in [6.07, 6.45) is 0. The predicted molar refractivity (Wildman–Crippen MR) is 91.0 cm³/mol. The Labute approximate surface area is 141 Å². The minimum Gasteiger partial charge on any atom is -0.207 e. The molecule has 118 valence electrons. The summed E-state index contributed by atoms with van der Waals surface area (Å²) in [6.45, 7) is 4.35. The van der Waals surface area contributed by atoms with Gasteiger partial charge in [-0.05, 0) is 35.2 Å². The van der Waals surface area contributed by atoms with Crippen LogP contribution in [0.15, 0.2) is 47.4 Å². The van der Waals surface area contributed by atoms with Crippen molar-refractivity contribution in [3.05, 3.63) is 63.6 Å². The monoisotopic (exact) mass is 357 g/mol. The van der Waals surface area contributed by atoms with Gasteiger partial charge in [0.05, 0.1) is 5.02 Å². The molecule has 0 unspecified atom stereocenters. The molecule has 3 nitrogen and oxygen atoms in total. The van der Waals surface area contributed by atoms with Crippen molar-refractivity contribution in [2.45, 2.75) is 31.2 Å². The predicted octanol–water partition coefficient (Wildman–Crippen LogP) is 4.60. The molecule has 6 heteroatoms. The molecule has 2 aromatic carbocycles. The fourth-order valence-corrected chi connectivity index (χ4v) is 3.96. The highest BCUT2D eigenvalue weighted by Crippen LogP contribution is 2.25. The van der Waals surface area contributed by atoms with Gasteiger partial charge in [0.25, 0.3) is 0 Å². The van der Waals surface area contributed by atoms with Crippen LogP contribution in [0.5, 0.6) is 0 Å². The molecular formula is C16H17Cl2NO2S. The molecule has 22 heavy (non-hydrogen) atoms. The SMILES string of the molecule is CC(C)c1ccccc1CNS(=O)(=O)c1cc(Cl)ccc1Cl. The van der Waals surface area contributed by atoms with E-state index in [1.54, 1.807) is 6.07 Å². The van der Waals surface area contributed by atoms with Crippen LogP contribution in [0.3, 0.4) is 0 Å². The number of hydrogen-bond donors (Lipinski definition) is 1. The molecule has 0 amide bonds. The van der Waals surface area contributed by atoms with Gasteiger partial charge < -0.3 is 0 Å². The van der Waals surface area contributed by atoms with E-state index in [1.807, 2.05) is 24.3 Å². The maximum Gasteiger partial charge on any atom is 0.242 e. The zero-order valence-electron chi connectivity index (χ0n) is 12.3. The lowest BCUT2D eigenvalue weighted by atomic mass is 9.97. The molecule has 2 rings (SSSR count). The van der Waals surface area contributed by atoms with E-state index in [1.165, 1.54) is 12.1 Å². The highest BCUT2D eigenvalue weighted by Gasteiger charge is 2.19.